The predicted octanol–water partition coefficient (Wildman–Crippen LogP) is 5.04. The highest BCUT2D eigenvalue weighted by Gasteiger charge is 2.31. The van der Waals surface area contributed by atoms with Crippen LogP contribution in [0, 0.1) is 23.2 Å². The summed E-state index contributed by atoms with van der Waals surface area (Å²) >= 11 is 0. The van der Waals surface area contributed by atoms with Crippen LogP contribution in [0.25, 0.3) is 17.2 Å². The largest absolute Gasteiger partial charge is 0.256 e. The molecular weight excluding hydrogens is 344 g/mol. The van der Waals surface area contributed by atoms with Crippen molar-refractivity contribution in [3.63, 3.8) is 0 Å². The molecule has 2 heterocycles. The molecule has 1 aliphatic rings. The number of hydrogen-bond acceptors (Lipinski definition) is 4. The second-order valence-electron chi connectivity index (χ2n) is 7.50. The fraction of sp³-hybridized carbons (Fsp3) is 0.250. The Kier molecular flexibility index (Phi) is 4.99. The molecule has 0 aliphatic heterocycles. The summed E-state index contributed by atoms with van der Waals surface area (Å²) in [7, 11) is 0. The van der Waals surface area contributed by atoms with Crippen molar-refractivity contribution in [2.24, 2.45) is 11.8 Å². The van der Waals surface area contributed by atoms with E-state index in [0.717, 1.165) is 28.9 Å². The highest BCUT2D eigenvalue weighted by atomic mass is 15.1. The second-order valence-corrected chi connectivity index (χ2v) is 7.50. The summed E-state index contributed by atoms with van der Waals surface area (Å²) in [5.74, 6) is 1.35. The Morgan fingerprint density at radius 2 is 1.96 bits per heavy atom. The van der Waals surface area contributed by atoms with Gasteiger partial charge in [0, 0.05) is 29.4 Å². The lowest BCUT2D eigenvalue weighted by atomic mass is 9.72. The van der Waals surface area contributed by atoms with Gasteiger partial charge in [0.05, 0.1) is 23.0 Å². The predicted molar refractivity (Wildman–Crippen MR) is 110 cm³/mol. The zero-order valence-corrected chi connectivity index (χ0v) is 16.1. The molecule has 0 N–H and O–H groups in total. The average molecular weight is 366 g/mol. The molecule has 3 atom stereocenters. The van der Waals surface area contributed by atoms with Gasteiger partial charge < -0.3 is 0 Å². The van der Waals surface area contributed by atoms with Crippen LogP contribution in [-0.2, 0) is 6.42 Å². The van der Waals surface area contributed by atoms with E-state index < -0.39 is 0 Å². The smallest absolute Gasteiger partial charge is 0.0998 e. The maximum Gasteiger partial charge on any atom is 0.0998 e. The molecule has 1 aromatic carbocycles. The van der Waals surface area contributed by atoms with Crippen molar-refractivity contribution < 1.29 is 0 Å². The van der Waals surface area contributed by atoms with Gasteiger partial charge in [0.25, 0.3) is 0 Å². The Labute approximate surface area is 165 Å². The van der Waals surface area contributed by atoms with Crippen LogP contribution in [0.5, 0.6) is 0 Å². The molecule has 3 aromatic rings. The van der Waals surface area contributed by atoms with E-state index in [1.807, 2.05) is 42.6 Å². The normalized spacial score (nSPS) is 21.2. The van der Waals surface area contributed by atoms with Crippen molar-refractivity contribution in [2.75, 3.05) is 0 Å². The van der Waals surface area contributed by atoms with E-state index in [1.54, 1.807) is 6.20 Å². The van der Waals surface area contributed by atoms with Gasteiger partial charge in [0.2, 0.25) is 0 Å². The number of rotatable bonds is 3. The molecule has 2 aromatic heterocycles. The highest BCUT2D eigenvalue weighted by Crippen LogP contribution is 2.39. The molecule has 4 heteroatoms. The molecule has 1 aliphatic carbocycles. The minimum Gasteiger partial charge on any atom is -0.256 e. The Bertz CT molecular complexity index is 1050. The average Bonchev–Trinajstić information content (AvgIpc) is 2.74. The third kappa shape index (κ3) is 3.44. The van der Waals surface area contributed by atoms with Crippen LogP contribution in [0.4, 0.5) is 0 Å². The highest BCUT2D eigenvalue weighted by molar-refractivity contribution is 5.70. The number of aromatic nitrogens is 3. The van der Waals surface area contributed by atoms with Gasteiger partial charge >= 0.3 is 0 Å². The molecule has 4 rings (SSSR count). The van der Waals surface area contributed by atoms with Crippen molar-refractivity contribution in [2.45, 2.75) is 26.2 Å². The monoisotopic (exact) mass is 366 g/mol. The van der Waals surface area contributed by atoms with Crippen molar-refractivity contribution in [1.29, 1.82) is 5.26 Å². The van der Waals surface area contributed by atoms with Crippen LogP contribution in [0.2, 0.25) is 0 Å². The van der Waals surface area contributed by atoms with E-state index in [-0.39, 0.29) is 5.92 Å². The molecule has 0 saturated carbocycles. The van der Waals surface area contributed by atoms with E-state index in [0.29, 0.717) is 17.4 Å². The molecule has 0 amide bonds. The van der Waals surface area contributed by atoms with Crippen molar-refractivity contribution in [3.05, 3.63) is 83.4 Å². The first-order chi connectivity index (χ1) is 13.7. The number of benzene rings is 1. The van der Waals surface area contributed by atoms with Crippen LogP contribution in [0.3, 0.4) is 0 Å². The first-order valence-electron chi connectivity index (χ1n) is 9.61. The van der Waals surface area contributed by atoms with E-state index >= 15 is 0 Å². The summed E-state index contributed by atoms with van der Waals surface area (Å²) in [6.45, 7) is 4.58. The number of hydrogen-bond donors (Lipinski definition) is 0. The minimum atomic E-state index is 0.244. The molecular formula is C24H22N4. The standard InChI is InChI=1S/C24H22N4/c1-16-13-18-11-12-27-28-24(18)22(17(16)2)10-9-21-8-7-20(15-26-21)23-6-4-3-5-19(23)14-25/h3-12,15-17,22H,13H2,1-2H3/b10-9+/t16-,17+,22-/m0/s1. The van der Waals surface area contributed by atoms with Crippen molar-refractivity contribution in [1.82, 2.24) is 15.2 Å². The number of fused-ring (bicyclic) bond motifs is 1. The van der Waals surface area contributed by atoms with Crippen LogP contribution >= 0.6 is 0 Å². The fourth-order valence-electron chi connectivity index (χ4n) is 3.92. The van der Waals surface area contributed by atoms with Gasteiger partial charge in [-0.15, -0.1) is 0 Å². The van der Waals surface area contributed by atoms with Crippen molar-refractivity contribution in [3.8, 4) is 17.2 Å². The summed E-state index contributed by atoms with van der Waals surface area (Å²) < 4.78 is 0. The fourth-order valence-corrected chi connectivity index (χ4v) is 3.92. The van der Waals surface area contributed by atoms with Crippen molar-refractivity contribution >= 4 is 6.08 Å². The summed E-state index contributed by atoms with van der Waals surface area (Å²) in [6.07, 6.45) is 8.94. The van der Waals surface area contributed by atoms with E-state index in [2.05, 4.69) is 53.3 Å². The van der Waals surface area contributed by atoms with Crippen LogP contribution in [-0.4, -0.2) is 15.2 Å². The second kappa shape index (κ2) is 7.74. The Hall–Kier alpha value is -3.32. The number of nitriles is 1. The third-order valence-corrected chi connectivity index (χ3v) is 5.78. The first kappa shape index (κ1) is 18.1. The maximum atomic E-state index is 9.30. The van der Waals surface area contributed by atoms with Crippen LogP contribution < -0.4 is 0 Å². The minimum absolute atomic E-state index is 0.244. The molecule has 0 radical (unpaired) electrons. The lowest BCUT2D eigenvalue weighted by molar-refractivity contribution is 0.324. The zero-order valence-electron chi connectivity index (χ0n) is 16.1. The van der Waals surface area contributed by atoms with Gasteiger partial charge in [-0.1, -0.05) is 44.2 Å². The topological polar surface area (TPSA) is 62.5 Å². The number of nitrogens with zero attached hydrogens (tertiary/aromatic N) is 4. The van der Waals surface area contributed by atoms with Gasteiger partial charge in [0.1, 0.15) is 0 Å². The molecule has 0 fully saturated rings. The Morgan fingerprint density at radius 1 is 1.11 bits per heavy atom. The zero-order chi connectivity index (χ0) is 19.5. The van der Waals surface area contributed by atoms with E-state index in [1.165, 1.54) is 5.56 Å². The first-order valence-corrected chi connectivity index (χ1v) is 9.61. The third-order valence-electron chi connectivity index (χ3n) is 5.78. The van der Waals surface area contributed by atoms with E-state index in [9.17, 15) is 5.26 Å². The Morgan fingerprint density at radius 3 is 2.75 bits per heavy atom. The number of allylic oxidation sites excluding steroid dienone is 1. The summed E-state index contributed by atoms with van der Waals surface area (Å²) in [6, 6.07) is 15.9. The van der Waals surface area contributed by atoms with Gasteiger partial charge in [-0.05, 0) is 48.1 Å². The lowest BCUT2D eigenvalue weighted by Gasteiger charge is -2.33. The SMILES string of the molecule is C[C@H]1[C@H](/C=C/c2ccc(-c3ccccc3C#N)cn2)c2nnccc2C[C@@H]1C. The molecule has 138 valence electrons. The molecule has 0 saturated heterocycles. The van der Waals surface area contributed by atoms with Gasteiger partial charge in [-0.2, -0.15) is 15.5 Å². The summed E-state index contributed by atoms with van der Waals surface area (Å²) in [4.78, 5) is 4.58. The molecule has 0 bridgehead atoms. The molecule has 28 heavy (non-hydrogen) atoms. The Balaban J connectivity index is 1.60. The van der Waals surface area contributed by atoms with E-state index in [4.69, 9.17) is 0 Å². The molecule has 0 spiro atoms. The van der Waals surface area contributed by atoms with Gasteiger partial charge in [0.15, 0.2) is 0 Å². The summed E-state index contributed by atoms with van der Waals surface area (Å²) in [5.41, 5.74) is 5.80. The summed E-state index contributed by atoms with van der Waals surface area (Å²) in [5, 5.41) is 17.8. The maximum absolute atomic E-state index is 9.30. The molecule has 0 unspecified atom stereocenters. The number of pyridine rings is 1. The quantitative estimate of drug-likeness (QED) is 0.652. The lowest BCUT2D eigenvalue weighted by Crippen LogP contribution is -2.26. The van der Waals surface area contributed by atoms with Gasteiger partial charge in [-0.25, -0.2) is 0 Å². The van der Waals surface area contributed by atoms with Crippen LogP contribution in [0.15, 0.2) is 60.9 Å². The van der Waals surface area contributed by atoms with Crippen LogP contribution in [0.1, 0.15) is 42.3 Å². The van der Waals surface area contributed by atoms with Gasteiger partial charge in [-0.3, -0.25) is 4.98 Å². The molecule has 4 nitrogen and oxygen atoms in total.